The smallest absolute Gasteiger partial charge is 0.0302 e. The molecule has 1 fully saturated rings. The van der Waals surface area contributed by atoms with Crippen molar-refractivity contribution in [1.82, 2.24) is 4.90 Å². The summed E-state index contributed by atoms with van der Waals surface area (Å²) in [6, 6.07) is 2.32. The minimum atomic E-state index is 0.421. The molecule has 1 saturated heterocycles. The molecule has 12 heavy (non-hydrogen) atoms. The third-order valence-electron chi connectivity index (χ3n) is 3.01. The van der Waals surface area contributed by atoms with Crippen LogP contribution < -0.4 is 5.73 Å². The van der Waals surface area contributed by atoms with E-state index < -0.39 is 0 Å². The molecule has 0 spiro atoms. The van der Waals surface area contributed by atoms with E-state index in [2.05, 4.69) is 30.9 Å². The highest BCUT2D eigenvalue weighted by Crippen LogP contribution is 2.31. The maximum absolute atomic E-state index is 5.95. The zero-order valence-electron chi connectivity index (χ0n) is 7.90. The predicted octanol–water partition coefficient (Wildman–Crippen LogP) is 1.12. The van der Waals surface area contributed by atoms with E-state index in [9.17, 15) is 0 Å². The molecule has 0 amide bonds. The molecular formula is C10H18N2. The molecule has 2 nitrogen and oxygen atoms in total. The van der Waals surface area contributed by atoms with Crippen molar-refractivity contribution < 1.29 is 0 Å². The Bertz CT molecular complexity index is 182. The summed E-state index contributed by atoms with van der Waals surface area (Å²) in [6.07, 6.45) is 6.95. The standard InChI is InChI=1S/C10H18N2/c1-7(2)12-9-3-4-10(12)6-8(11)5-9/h3-4,7-10H,5-6,11H2,1-2H3. The highest BCUT2D eigenvalue weighted by molar-refractivity contribution is 5.15. The second-order valence-electron chi connectivity index (χ2n) is 4.29. The minimum absolute atomic E-state index is 0.421. The molecule has 2 heterocycles. The number of nitrogens with two attached hydrogens (primary N) is 1. The molecule has 2 rings (SSSR count). The Kier molecular flexibility index (Phi) is 1.97. The maximum Gasteiger partial charge on any atom is 0.0302 e. The van der Waals surface area contributed by atoms with Gasteiger partial charge in [0, 0.05) is 24.2 Å². The topological polar surface area (TPSA) is 29.3 Å². The molecule has 2 atom stereocenters. The second-order valence-corrected chi connectivity index (χ2v) is 4.29. The minimum Gasteiger partial charge on any atom is -0.328 e. The van der Waals surface area contributed by atoms with E-state index in [1.54, 1.807) is 0 Å². The van der Waals surface area contributed by atoms with E-state index >= 15 is 0 Å². The Morgan fingerprint density at radius 1 is 1.25 bits per heavy atom. The van der Waals surface area contributed by atoms with Crippen molar-refractivity contribution in [3.05, 3.63) is 12.2 Å². The molecule has 0 aliphatic carbocycles. The van der Waals surface area contributed by atoms with Gasteiger partial charge in [0.05, 0.1) is 0 Å². The summed E-state index contributed by atoms with van der Waals surface area (Å²) in [4.78, 5) is 2.57. The van der Waals surface area contributed by atoms with Gasteiger partial charge in [0.15, 0.2) is 0 Å². The molecule has 0 aromatic rings. The van der Waals surface area contributed by atoms with E-state index in [-0.39, 0.29) is 0 Å². The molecule has 2 unspecified atom stereocenters. The van der Waals surface area contributed by atoms with Gasteiger partial charge in [-0.3, -0.25) is 4.90 Å². The van der Waals surface area contributed by atoms with E-state index in [0.717, 1.165) is 12.8 Å². The Labute approximate surface area is 74.4 Å². The Morgan fingerprint density at radius 3 is 2.17 bits per heavy atom. The highest BCUT2D eigenvalue weighted by Gasteiger charge is 2.36. The Balaban J connectivity index is 2.12. The summed E-state index contributed by atoms with van der Waals surface area (Å²) < 4.78 is 0. The number of nitrogens with zero attached hydrogens (tertiary/aromatic N) is 1. The van der Waals surface area contributed by atoms with Crippen LogP contribution in [0.3, 0.4) is 0 Å². The van der Waals surface area contributed by atoms with E-state index in [1.807, 2.05) is 0 Å². The lowest BCUT2D eigenvalue weighted by Gasteiger charge is -2.40. The van der Waals surface area contributed by atoms with Crippen LogP contribution in [0.2, 0.25) is 0 Å². The molecule has 2 N–H and O–H groups in total. The Morgan fingerprint density at radius 2 is 1.75 bits per heavy atom. The van der Waals surface area contributed by atoms with E-state index in [0.29, 0.717) is 24.2 Å². The fourth-order valence-electron chi connectivity index (χ4n) is 2.58. The first-order chi connectivity index (χ1) is 5.68. The maximum atomic E-state index is 5.95. The van der Waals surface area contributed by atoms with Crippen molar-refractivity contribution in [3.63, 3.8) is 0 Å². The third kappa shape index (κ3) is 1.19. The van der Waals surface area contributed by atoms with Crippen LogP contribution in [0.5, 0.6) is 0 Å². The van der Waals surface area contributed by atoms with Gasteiger partial charge in [0.25, 0.3) is 0 Å². The first-order valence-corrected chi connectivity index (χ1v) is 4.90. The molecule has 0 radical (unpaired) electrons. The van der Waals surface area contributed by atoms with Crippen LogP contribution in [0.4, 0.5) is 0 Å². The third-order valence-corrected chi connectivity index (χ3v) is 3.01. The van der Waals surface area contributed by atoms with Gasteiger partial charge in [0.1, 0.15) is 0 Å². The number of piperidine rings is 1. The zero-order valence-corrected chi connectivity index (χ0v) is 7.90. The van der Waals surface area contributed by atoms with Gasteiger partial charge in [-0.05, 0) is 26.7 Å². The summed E-state index contributed by atoms with van der Waals surface area (Å²) in [5.74, 6) is 0. The SMILES string of the molecule is CC(C)N1C2C=CC1CC(N)C2. The van der Waals surface area contributed by atoms with Crippen molar-refractivity contribution in [2.24, 2.45) is 5.73 Å². The molecule has 2 aliphatic rings. The van der Waals surface area contributed by atoms with Crippen LogP contribution in [0.1, 0.15) is 26.7 Å². The molecule has 2 aliphatic heterocycles. The Hall–Kier alpha value is -0.340. The largest absolute Gasteiger partial charge is 0.328 e. The summed E-state index contributed by atoms with van der Waals surface area (Å²) in [5, 5.41) is 0. The number of hydrogen-bond donors (Lipinski definition) is 1. The highest BCUT2D eigenvalue weighted by atomic mass is 15.2. The molecule has 2 heteroatoms. The van der Waals surface area contributed by atoms with Crippen LogP contribution in [0.15, 0.2) is 12.2 Å². The number of fused-ring (bicyclic) bond motifs is 2. The van der Waals surface area contributed by atoms with Gasteiger partial charge in [-0.2, -0.15) is 0 Å². The molecule has 68 valence electrons. The summed E-state index contributed by atoms with van der Waals surface area (Å²) >= 11 is 0. The predicted molar refractivity (Wildman–Crippen MR) is 50.9 cm³/mol. The van der Waals surface area contributed by atoms with Gasteiger partial charge in [-0.25, -0.2) is 0 Å². The molecule has 0 aromatic carbocycles. The average molecular weight is 166 g/mol. The van der Waals surface area contributed by atoms with Gasteiger partial charge in [-0.1, -0.05) is 12.2 Å². The van der Waals surface area contributed by atoms with Gasteiger partial charge in [-0.15, -0.1) is 0 Å². The van der Waals surface area contributed by atoms with Crippen LogP contribution in [-0.2, 0) is 0 Å². The molecule has 0 saturated carbocycles. The normalized spacial score (nSPS) is 41.2. The van der Waals surface area contributed by atoms with Crippen LogP contribution >= 0.6 is 0 Å². The van der Waals surface area contributed by atoms with Gasteiger partial charge >= 0.3 is 0 Å². The monoisotopic (exact) mass is 166 g/mol. The summed E-state index contributed by atoms with van der Waals surface area (Å²) in [6.45, 7) is 4.54. The lowest BCUT2D eigenvalue weighted by molar-refractivity contribution is 0.107. The lowest BCUT2D eigenvalue weighted by Crippen LogP contribution is -2.50. The van der Waals surface area contributed by atoms with E-state index in [1.165, 1.54) is 0 Å². The summed E-state index contributed by atoms with van der Waals surface area (Å²) in [5.41, 5.74) is 5.95. The van der Waals surface area contributed by atoms with Crippen molar-refractivity contribution in [3.8, 4) is 0 Å². The number of rotatable bonds is 1. The zero-order chi connectivity index (χ0) is 8.72. The number of hydrogen-bond acceptors (Lipinski definition) is 2. The quantitative estimate of drug-likeness (QED) is 0.592. The van der Waals surface area contributed by atoms with Crippen molar-refractivity contribution in [2.45, 2.75) is 50.9 Å². The molecular weight excluding hydrogens is 148 g/mol. The van der Waals surface area contributed by atoms with Crippen molar-refractivity contribution >= 4 is 0 Å². The first kappa shape index (κ1) is 8.27. The van der Waals surface area contributed by atoms with Crippen LogP contribution in [0, 0.1) is 0 Å². The molecule has 0 aromatic heterocycles. The van der Waals surface area contributed by atoms with E-state index in [4.69, 9.17) is 5.73 Å². The molecule has 2 bridgehead atoms. The fraction of sp³-hybridized carbons (Fsp3) is 0.800. The van der Waals surface area contributed by atoms with Crippen LogP contribution in [0.25, 0.3) is 0 Å². The van der Waals surface area contributed by atoms with Gasteiger partial charge < -0.3 is 5.73 Å². The van der Waals surface area contributed by atoms with Gasteiger partial charge in [0.2, 0.25) is 0 Å². The summed E-state index contributed by atoms with van der Waals surface area (Å²) in [7, 11) is 0. The van der Waals surface area contributed by atoms with Crippen molar-refractivity contribution in [2.75, 3.05) is 0 Å². The first-order valence-electron chi connectivity index (χ1n) is 4.90. The lowest BCUT2D eigenvalue weighted by atomic mass is 9.96. The average Bonchev–Trinajstić information content (AvgIpc) is 2.24. The second kappa shape index (κ2) is 2.86. The van der Waals surface area contributed by atoms with Crippen molar-refractivity contribution in [1.29, 1.82) is 0 Å². The van der Waals surface area contributed by atoms with Crippen LogP contribution in [-0.4, -0.2) is 29.1 Å². The fourth-order valence-corrected chi connectivity index (χ4v) is 2.58.